The molecule has 21 heavy (non-hydrogen) atoms. The maximum atomic E-state index is 14.2. The van der Waals surface area contributed by atoms with Crippen LogP contribution in [0.2, 0.25) is 0 Å². The second-order valence-corrected chi connectivity index (χ2v) is 6.06. The Morgan fingerprint density at radius 3 is 2.81 bits per heavy atom. The Labute approximate surface area is 133 Å². The summed E-state index contributed by atoms with van der Waals surface area (Å²) in [5.74, 6) is -0.188. The van der Waals surface area contributed by atoms with Crippen LogP contribution in [0.4, 0.5) is 4.39 Å². The van der Waals surface area contributed by atoms with Crippen LogP contribution in [0.1, 0.15) is 36.2 Å². The van der Waals surface area contributed by atoms with E-state index in [1.165, 1.54) is 6.07 Å². The zero-order chi connectivity index (χ0) is 15.2. The molecule has 2 nitrogen and oxygen atoms in total. The van der Waals surface area contributed by atoms with E-state index in [2.05, 4.69) is 33.2 Å². The van der Waals surface area contributed by atoms with Crippen LogP contribution in [-0.4, -0.2) is 11.5 Å². The maximum absolute atomic E-state index is 14.2. The van der Waals surface area contributed by atoms with E-state index in [0.717, 1.165) is 28.7 Å². The summed E-state index contributed by atoms with van der Waals surface area (Å²) >= 11 is 3.30. The molecule has 1 N–H and O–H groups in total. The van der Waals surface area contributed by atoms with Crippen molar-refractivity contribution in [2.45, 2.75) is 32.7 Å². The number of nitrogens with zero attached hydrogens (tertiary/aromatic N) is 1. The van der Waals surface area contributed by atoms with E-state index in [0.29, 0.717) is 12.0 Å². The Balaban J connectivity index is 2.27. The summed E-state index contributed by atoms with van der Waals surface area (Å²) in [5.41, 5.74) is 2.84. The summed E-state index contributed by atoms with van der Waals surface area (Å²) in [6, 6.07) is 9.13. The highest BCUT2D eigenvalue weighted by Gasteiger charge is 2.17. The fraction of sp³-hybridized carbons (Fsp3) is 0.353. The van der Waals surface area contributed by atoms with Gasteiger partial charge in [0.1, 0.15) is 5.82 Å². The molecule has 1 aromatic carbocycles. The minimum Gasteiger partial charge on any atom is -0.310 e. The molecule has 0 aliphatic heterocycles. The summed E-state index contributed by atoms with van der Waals surface area (Å²) in [6.07, 6.45) is 3.48. The molecule has 0 aliphatic carbocycles. The van der Waals surface area contributed by atoms with Gasteiger partial charge in [-0.1, -0.05) is 35.0 Å². The fourth-order valence-corrected chi connectivity index (χ4v) is 2.65. The highest BCUT2D eigenvalue weighted by Crippen LogP contribution is 2.24. The molecular formula is C17H20BrFN2. The molecule has 0 fully saturated rings. The lowest BCUT2D eigenvalue weighted by Crippen LogP contribution is -2.25. The van der Waals surface area contributed by atoms with E-state index >= 15 is 0 Å². The van der Waals surface area contributed by atoms with Gasteiger partial charge in [-0.3, -0.25) is 4.98 Å². The van der Waals surface area contributed by atoms with Crippen LogP contribution in [0.15, 0.2) is 41.0 Å². The average Bonchev–Trinajstić information content (AvgIpc) is 2.46. The van der Waals surface area contributed by atoms with E-state index in [1.807, 2.05) is 31.2 Å². The summed E-state index contributed by atoms with van der Waals surface area (Å²) in [6.45, 7) is 5.00. The third kappa shape index (κ3) is 4.35. The second-order valence-electron chi connectivity index (χ2n) is 5.14. The molecule has 112 valence electrons. The van der Waals surface area contributed by atoms with E-state index in [-0.39, 0.29) is 11.9 Å². The lowest BCUT2D eigenvalue weighted by Gasteiger charge is -2.20. The second kappa shape index (κ2) is 7.66. The van der Waals surface area contributed by atoms with Crippen LogP contribution in [0.5, 0.6) is 0 Å². The van der Waals surface area contributed by atoms with Gasteiger partial charge in [0, 0.05) is 34.4 Å². The van der Waals surface area contributed by atoms with Crippen LogP contribution in [0.3, 0.4) is 0 Å². The minimum atomic E-state index is -0.188. The first kappa shape index (κ1) is 16.1. The molecule has 1 aromatic heterocycles. The van der Waals surface area contributed by atoms with Crippen molar-refractivity contribution in [1.29, 1.82) is 0 Å². The number of nitrogens with one attached hydrogen (secondary N) is 1. The van der Waals surface area contributed by atoms with Gasteiger partial charge in [0.15, 0.2) is 0 Å². The average molecular weight is 351 g/mol. The monoisotopic (exact) mass is 350 g/mol. The van der Waals surface area contributed by atoms with Gasteiger partial charge >= 0.3 is 0 Å². The predicted octanol–water partition coefficient (Wildman–Crippen LogP) is 4.58. The van der Waals surface area contributed by atoms with Gasteiger partial charge in [-0.15, -0.1) is 0 Å². The first-order valence-corrected chi connectivity index (χ1v) is 8.00. The number of aryl methyl sites for hydroxylation is 1. The Hall–Kier alpha value is -1.26. The molecule has 2 rings (SSSR count). The first-order valence-electron chi connectivity index (χ1n) is 7.20. The number of hydrogen-bond acceptors (Lipinski definition) is 2. The van der Waals surface area contributed by atoms with E-state index in [1.54, 1.807) is 6.20 Å². The molecule has 2 aromatic rings. The Kier molecular flexibility index (Phi) is 5.88. The van der Waals surface area contributed by atoms with Gasteiger partial charge in [0.05, 0.1) is 0 Å². The number of hydrogen-bond donors (Lipinski definition) is 1. The zero-order valence-electron chi connectivity index (χ0n) is 12.4. The third-order valence-corrected chi connectivity index (χ3v) is 3.99. The van der Waals surface area contributed by atoms with Gasteiger partial charge in [-0.2, -0.15) is 0 Å². The first-order chi connectivity index (χ1) is 10.1. The van der Waals surface area contributed by atoms with E-state index < -0.39 is 0 Å². The van der Waals surface area contributed by atoms with Crippen LogP contribution in [0.25, 0.3) is 0 Å². The molecular weight excluding hydrogens is 331 g/mol. The normalized spacial score (nSPS) is 12.4. The standard InChI is InChI=1S/C17H20BrFN2/c1-3-8-20-17(11-16-12(2)5-4-9-21-16)14-7-6-13(18)10-15(14)19/h4-7,9-10,17,20H,3,8,11H2,1-2H3. The van der Waals surface area contributed by atoms with Crippen LogP contribution in [0, 0.1) is 12.7 Å². The van der Waals surface area contributed by atoms with Crippen molar-refractivity contribution in [3.8, 4) is 0 Å². The molecule has 0 saturated heterocycles. The molecule has 1 heterocycles. The molecule has 4 heteroatoms. The molecule has 0 bridgehead atoms. The number of halogens is 2. The van der Waals surface area contributed by atoms with Gasteiger partial charge in [0.2, 0.25) is 0 Å². The van der Waals surface area contributed by atoms with Crippen molar-refractivity contribution < 1.29 is 4.39 Å². The zero-order valence-corrected chi connectivity index (χ0v) is 14.0. The van der Waals surface area contributed by atoms with Crippen LogP contribution < -0.4 is 5.32 Å². The van der Waals surface area contributed by atoms with Gasteiger partial charge in [-0.05, 0) is 43.7 Å². The molecule has 0 radical (unpaired) electrons. The smallest absolute Gasteiger partial charge is 0.129 e. The fourth-order valence-electron chi connectivity index (χ4n) is 2.32. The van der Waals surface area contributed by atoms with Crippen LogP contribution >= 0.6 is 15.9 Å². The number of pyridine rings is 1. The quantitative estimate of drug-likeness (QED) is 0.824. The van der Waals surface area contributed by atoms with Gasteiger partial charge < -0.3 is 5.32 Å². The van der Waals surface area contributed by atoms with Crippen molar-refractivity contribution in [2.24, 2.45) is 0 Å². The van der Waals surface area contributed by atoms with Gasteiger partial charge in [0.25, 0.3) is 0 Å². The SMILES string of the molecule is CCCNC(Cc1ncccc1C)c1ccc(Br)cc1F. The Morgan fingerprint density at radius 2 is 2.14 bits per heavy atom. The van der Waals surface area contributed by atoms with Crippen LogP contribution in [-0.2, 0) is 6.42 Å². The Morgan fingerprint density at radius 1 is 1.33 bits per heavy atom. The van der Waals surface area contributed by atoms with Gasteiger partial charge in [-0.25, -0.2) is 4.39 Å². The van der Waals surface area contributed by atoms with Crippen molar-refractivity contribution in [3.05, 3.63) is 63.6 Å². The van der Waals surface area contributed by atoms with E-state index in [4.69, 9.17) is 0 Å². The molecule has 0 amide bonds. The van der Waals surface area contributed by atoms with Crippen molar-refractivity contribution in [2.75, 3.05) is 6.54 Å². The highest BCUT2D eigenvalue weighted by atomic mass is 79.9. The summed E-state index contributed by atoms with van der Waals surface area (Å²) in [4.78, 5) is 4.43. The molecule has 0 spiro atoms. The molecule has 1 atom stereocenters. The lowest BCUT2D eigenvalue weighted by atomic mass is 9.99. The summed E-state index contributed by atoms with van der Waals surface area (Å²) in [7, 11) is 0. The summed E-state index contributed by atoms with van der Waals surface area (Å²) < 4.78 is 15.0. The topological polar surface area (TPSA) is 24.9 Å². The molecule has 1 unspecified atom stereocenters. The Bertz CT molecular complexity index is 601. The van der Waals surface area contributed by atoms with E-state index in [9.17, 15) is 4.39 Å². The number of aromatic nitrogens is 1. The predicted molar refractivity (Wildman–Crippen MR) is 87.8 cm³/mol. The molecule has 0 saturated carbocycles. The number of rotatable bonds is 6. The third-order valence-electron chi connectivity index (χ3n) is 3.49. The lowest BCUT2D eigenvalue weighted by molar-refractivity contribution is 0.492. The number of benzene rings is 1. The summed E-state index contributed by atoms with van der Waals surface area (Å²) in [5, 5.41) is 3.43. The largest absolute Gasteiger partial charge is 0.310 e. The van der Waals surface area contributed by atoms with Crippen molar-refractivity contribution in [1.82, 2.24) is 10.3 Å². The maximum Gasteiger partial charge on any atom is 0.129 e. The molecule has 0 aliphatic rings. The van der Waals surface area contributed by atoms with Crippen molar-refractivity contribution in [3.63, 3.8) is 0 Å². The van der Waals surface area contributed by atoms with Crippen molar-refractivity contribution >= 4 is 15.9 Å². The minimum absolute atomic E-state index is 0.0633. The highest BCUT2D eigenvalue weighted by molar-refractivity contribution is 9.10.